The third-order valence-electron chi connectivity index (χ3n) is 3.36. The molecule has 0 aromatic heterocycles. The van der Waals surface area contributed by atoms with Gasteiger partial charge in [-0.05, 0) is 31.5 Å². The van der Waals surface area contributed by atoms with Crippen LogP contribution in [-0.4, -0.2) is 25.2 Å². The lowest BCUT2D eigenvalue weighted by atomic mass is 10.1. The second-order valence-corrected chi connectivity index (χ2v) is 5.05. The van der Waals surface area contributed by atoms with Gasteiger partial charge in [-0.2, -0.15) is 0 Å². The van der Waals surface area contributed by atoms with E-state index in [4.69, 9.17) is 11.6 Å². The van der Waals surface area contributed by atoms with E-state index in [0.29, 0.717) is 22.8 Å². The van der Waals surface area contributed by atoms with Crippen molar-refractivity contribution in [3.8, 4) is 0 Å². The Morgan fingerprint density at radius 2 is 2.29 bits per heavy atom. The average Bonchev–Trinajstić information content (AvgIpc) is 2.30. The summed E-state index contributed by atoms with van der Waals surface area (Å²) in [5.74, 6) is -0.235. The summed E-state index contributed by atoms with van der Waals surface area (Å²) in [5.41, 5.74) is 0.654. The number of rotatable bonds is 2. The van der Waals surface area contributed by atoms with Crippen molar-refractivity contribution < 1.29 is 4.39 Å². The Balaban J connectivity index is 2.24. The van der Waals surface area contributed by atoms with Crippen molar-refractivity contribution in [2.75, 3.05) is 18.0 Å². The second-order valence-electron chi connectivity index (χ2n) is 4.61. The molecule has 0 radical (unpaired) electrons. The lowest BCUT2D eigenvalue weighted by Gasteiger charge is -2.40. The molecule has 0 spiro atoms. The Hall–Kier alpha value is -0.800. The Labute approximate surface area is 107 Å². The van der Waals surface area contributed by atoms with Gasteiger partial charge in [-0.25, -0.2) is 4.39 Å². The van der Waals surface area contributed by atoms with Crippen molar-refractivity contribution in [1.29, 1.82) is 0 Å². The Bertz CT molecular complexity index is 397. The first-order valence-electron chi connectivity index (χ1n) is 6.07. The number of hydrogen-bond acceptors (Lipinski definition) is 2. The van der Waals surface area contributed by atoms with Crippen LogP contribution in [0.15, 0.2) is 18.2 Å². The second kappa shape index (κ2) is 5.23. The Morgan fingerprint density at radius 1 is 1.53 bits per heavy atom. The van der Waals surface area contributed by atoms with Gasteiger partial charge in [0.05, 0.1) is 5.69 Å². The summed E-state index contributed by atoms with van der Waals surface area (Å²) < 4.78 is 13.9. The molecule has 1 aromatic carbocycles. The molecule has 2 atom stereocenters. The quantitative estimate of drug-likeness (QED) is 0.875. The monoisotopic (exact) mass is 256 g/mol. The number of halogens is 2. The van der Waals surface area contributed by atoms with Crippen molar-refractivity contribution in [2.24, 2.45) is 0 Å². The predicted molar refractivity (Wildman–Crippen MR) is 70.3 cm³/mol. The highest BCUT2D eigenvalue weighted by Gasteiger charge is 2.25. The maximum Gasteiger partial charge on any atom is 0.147 e. The SMILES string of the molecule is CCC1CN(c2ccc(Cl)cc2F)C(C)CN1. The summed E-state index contributed by atoms with van der Waals surface area (Å²) in [6.45, 7) is 5.98. The van der Waals surface area contributed by atoms with Crippen LogP contribution in [0.3, 0.4) is 0 Å². The fraction of sp³-hybridized carbons (Fsp3) is 0.538. The first-order valence-corrected chi connectivity index (χ1v) is 6.44. The number of nitrogens with zero attached hydrogens (tertiary/aromatic N) is 1. The molecule has 0 saturated carbocycles. The molecule has 17 heavy (non-hydrogen) atoms. The van der Waals surface area contributed by atoms with E-state index in [1.807, 2.05) is 0 Å². The van der Waals surface area contributed by atoms with E-state index in [2.05, 4.69) is 24.1 Å². The van der Waals surface area contributed by atoms with E-state index in [-0.39, 0.29) is 5.82 Å². The first-order chi connectivity index (χ1) is 8.11. The van der Waals surface area contributed by atoms with Crippen molar-refractivity contribution >= 4 is 17.3 Å². The first kappa shape index (κ1) is 12.7. The molecule has 1 aromatic rings. The molecule has 2 nitrogen and oxygen atoms in total. The smallest absolute Gasteiger partial charge is 0.147 e. The maximum atomic E-state index is 13.9. The Morgan fingerprint density at radius 3 is 2.94 bits per heavy atom. The van der Waals surface area contributed by atoms with Gasteiger partial charge in [-0.3, -0.25) is 0 Å². The predicted octanol–water partition coefficient (Wildman–Crippen LogP) is 3.06. The summed E-state index contributed by atoms with van der Waals surface area (Å²) >= 11 is 5.78. The number of benzene rings is 1. The van der Waals surface area contributed by atoms with E-state index in [1.165, 1.54) is 6.07 Å². The number of piperazine rings is 1. The molecule has 1 N–H and O–H groups in total. The van der Waals surface area contributed by atoms with E-state index < -0.39 is 0 Å². The molecule has 1 heterocycles. The molecule has 0 aliphatic carbocycles. The van der Waals surface area contributed by atoms with Crippen molar-refractivity contribution in [1.82, 2.24) is 5.32 Å². The zero-order valence-electron chi connectivity index (χ0n) is 10.2. The minimum absolute atomic E-state index is 0.235. The average molecular weight is 257 g/mol. The standard InChI is InChI=1S/C13H18ClFN2/c1-3-11-8-17(9(2)7-16-11)13-5-4-10(14)6-12(13)15/h4-6,9,11,16H,3,7-8H2,1-2H3. The van der Waals surface area contributed by atoms with Crippen LogP contribution in [0.5, 0.6) is 0 Å². The number of nitrogens with one attached hydrogen (secondary N) is 1. The molecule has 1 fully saturated rings. The molecule has 1 aliphatic heterocycles. The van der Waals surface area contributed by atoms with E-state index in [0.717, 1.165) is 19.5 Å². The summed E-state index contributed by atoms with van der Waals surface area (Å²) in [4.78, 5) is 2.12. The van der Waals surface area contributed by atoms with Crippen LogP contribution in [0.25, 0.3) is 0 Å². The molecule has 1 aliphatic rings. The van der Waals surface area contributed by atoms with Gasteiger partial charge in [0.1, 0.15) is 5.82 Å². The third-order valence-corrected chi connectivity index (χ3v) is 3.60. The lowest BCUT2D eigenvalue weighted by Crippen LogP contribution is -2.55. The van der Waals surface area contributed by atoms with Gasteiger partial charge < -0.3 is 10.2 Å². The highest BCUT2D eigenvalue weighted by molar-refractivity contribution is 6.30. The van der Waals surface area contributed by atoms with Gasteiger partial charge in [0.25, 0.3) is 0 Å². The normalized spacial score (nSPS) is 25.1. The minimum atomic E-state index is -0.235. The van der Waals surface area contributed by atoms with Crippen LogP contribution >= 0.6 is 11.6 Å². The Kier molecular flexibility index (Phi) is 3.89. The summed E-state index contributed by atoms with van der Waals surface area (Å²) in [5, 5.41) is 3.90. The number of anilines is 1. The molecule has 2 rings (SSSR count). The third kappa shape index (κ3) is 2.72. The van der Waals surface area contributed by atoms with Gasteiger partial charge >= 0.3 is 0 Å². The van der Waals surface area contributed by atoms with Crippen molar-refractivity contribution in [3.63, 3.8) is 0 Å². The van der Waals surface area contributed by atoms with Crippen LogP contribution in [0.4, 0.5) is 10.1 Å². The molecule has 0 amide bonds. The molecule has 4 heteroatoms. The topological polar surface area (TPSA) is 15.3 Å². The number of hydrogen-bond donors (Lipinski definition) is 1. The van der Waals surface area contributed by atoms with Gasteiger partial charge in [-0.15, -0.1) is 0 Å². The summed E-state index contributed by atoms with van der Waals surface area (Å²) in [6.07, 6.45) is 1.05. The van der Waals surface area contributed by atoms with E-state index in [9.17, 15) is 4.39 Å². The van der Waals surface area contributed by atoms with Crippen LogP contribution in [0.2, 0.25) is 5.02 Å². The fourth-order valence-electron chi connectivity index (χ4n) is 2.25. The largest absolute Gasteiger partial charge is 0.364 e. The van der Waals surface area contributed by atoms with Crippen LogP contribution < -0.4 is 10.2 Å². The molecule has 2 unspecified atom stereocenters. The van der Waals surface area contributed by atoms with Gasteiger partial charge in [-0.1, -0.05) is 18.5 Å². The minimum Gasteiger partial charge on any atom is -0.364 e. The zero-order chi connectivity index (χ0) is 12.4. The maximum absolute atomic E-state index is 13.9. The van der Waals surface area contributed by atoms with Crippen LogP contribution in [0.1, 0.15) is 20.3 Å². The van der Waals surface area contributed by atoms with Crippen molar-refractivity contribution in [2.45, 2.75) is 32.4 Å². The molecular formula is C13H18ClFN2. The molecule has 94 valence electrons. The zero-order valence-corrected chi connectivity index (χ0v) is 11.0. The van der Waals surface area contributed by atoms with E-state index in [1.54, 1.807) is 12.1 Å². The summed E-state index contributed by atoms with van der Waals surface area (Å²) in [6, 6.07) is 5.63. The van der Waals surface area contributed by atoms with Gasteiger partial charge in [0.15, 0.2) is 0 Å². The fourth-order valence-corrected chi connectivity index (χ4v) is 2.41. The highest BCUT2D eigenvalue weighted by atomic mass is 35.5. The lowest BCUT2D eigenvalue weighted by molar-refractivity contribution is 0.394. The molecule has 1 saturated heterocycles. The van der Waals surface area contributed by atoms with Crippen LogP contribution in [0, 0.1) is 5.82 Å². The van der Waals surface area contributed by atoms with E-state index >= 15 is 0 Å². The molecular weight excluding hydrogens is 239 g/mol. The van der Waals surface area contributed by atoms with Gasteiger partial charge in [0.2, 0.25) is 0 Å². The molecule has 0 bridgehead atoms. The highest BCUT2D eigenvalue weighted by Crippen LogP contribution is 2.26. The van der Waals surface area contributed by atoms with Crippen LogP contribution in [-0.2, 0) is 0 Å². The van der Waals surface area contributed by atoms with Gasteiger partial charge in [0, 0.05) is 30.2 Å². The van der Waals surface area contributed by atoms with Crippen molar-refractivity contribution in [3.05, 3.63) is 29.0 Å². The summed E-state index contributed by atoms with van der Waals surface area (Å²) in [7, 11) is 0.